The molecular formula is C20H25N7O. The normalized spacial score (nSPS) is 15.6. The van der Waals surface area contributed by atoms with Crippen LogP contribution < -0.4 is 5.32 Å². The van der Waals surface area contributed by atoms with E-state index in [9.17, 15) is 4.79 Å². The second-order valence-electron chi connectivity index (χ2n) is 7.35. The number of piperidine rings is 1. The minimum absolute atomic E-state index is 0.150. The van der Waals surface area contributed by atoms with Gasteiger partial charge in [-0.25, -0.2) is 4.98 Å². The number of aromatic nitrogens is 4. The van der Waals surface area contributed by atoms with Crippen molar-refractivity contribution < 1.29 is 4.79 Å². The van der Waals surface area contributed by atoms with Crippen molar-refractivity contribution in [3.8, 4) is 11.3 Å². The first-order valence-corrected chi connectivity index (χ1v) is 9.55. The molecule has 3 heterocycles. The van der Waals surface area contributed by atoms with Gasteiger partial charge in [-0.15, -0.1) is 0 Å². The average Bonchev–Trinajstić information content (AvgIpc) is 3.19. The maximum absolute atomic E-state index is 11.9. The van der Waals surface area contributed by atoms with Crippen LogP contribution in [0.1, 0.15) is 12.8 Å². The lowest BCUT2D eigenvalue weighted by Crippen LogP contribution is -2.44. The van der Waals surface area contributed by atoms with E-state index in [0.717, 1.165) is 43.0 Å². The second-order valence-corrected chi connectivity index (χ2v) is 7.35. The van der Waals surface area contributed by atoms with Crippen molar-refractivity contribution in [3.05, 3.63) is 42.7 Å². The topological polar surface area (TPSA) is 78.7 Å². The molecule has 1 saturated heterocycles. The van der Waals surface area contributed by atoms with Gasteiger partial charge in [-0.1, -0.05) is 30.3 Å². The molecule has 1 amide bonds. The summed E-state index contributed by atoms with van der Waals surface area (Å²) in [6.45, 7) is 2.28. The van der Waals surface area contributed by atoms with Crippen molar-refractivity contribution in [1.29, 1.82) is 0 Å². The van der Waals surface area contributed by atoms with E-state index in [1.165, 1.54) is 6.33 Å². The Morgan fingerprint density at radius 2 is 1.96 bits per heavy atom. The molecule has 146 valence electrons. The lowest BCUT2D eigenvalue weighted by atomic mass is 10.0. The lowest BCUT2D eigenvalue weighted by Gasteiger charge is -2.32. The summed E-state index contributed by atoms with van der Waals surface area (Å²) in [5.74, 6) is 1.62. The third-order valence-corrected chi connectivity index (χ3v) is 5.12. The summed E-state index contributed by atoms with van der Waals surface area (Å²) in [4.78, 5) is 24.7. The van der Waals surface area contributed by atoms with E-state index in [1.807, 2.05) is 36.4 Å². The van der Waals surface area contributed by atoms with Crippen molar-refractivity contribution in [2.24, 2.45) is 0 Å². The summed E-state index contributed by atoms with van der Waals surface area (Å²) in [5, 5.41) is 7.93. The number of nitrogens with zero attached hydrogens (tertiary/aromatic N) is 6. The quantitative estimate of drug-likeness (QED) is 0.728. The van der Waals surface area contributed by atoms with Gasteiger partial charge in [0.25, 0.3) is 5.78 Å². The predicted molar refractivity (Wildman–Crippen MR) is 108 cm³/mol. The van der Waals surface area contributed by atoms with Gasteiger partial charge in [-0.05, 0) is 12.8 Å². The molecule has 2 aromatic heterocycles. The molecule has 0 radical (unpaired) electrons. The summed E-state index contributed by atoms with van der Waals surface area (Å²) >= 11 is 0. The highest BCUT2D eigenvalue weighted by atomic mass is 16.2. The zero-order chi connectivity index (χ0) is 19.5. The van der Waals surface area contributed by atoms with Crippen LogP contribution in [0.3, 0.4) is 0 Å². The molecule has 0 aliphatic carbocycles. The fraction of sp³-hybridized carbons (Fsp3) is 0.400. The standard InChI is InChI=1S/C20H25N7O/c1-25(2)19(28)13-26-10-8-16(9-11-26)23-18-12-17(15-6-4-3-5-7-15)24-20-21-14-22-27(18)20/h3-7,12,14,16,23H,8-11,13H2,1-2H3. The molecule has 1 aromatic carbocycles. The van der Waals surface area contributed by atoms with Crippen LogP contribution in [0.4, 0.5) is 5.82 Å². The van der Waals surface area contributed by atoms with Crippen LogP contribution in [0.15, 0.2) is 42.7 Å². The fourth-order valence-corrected chi connectivity index (χ4v) is 3.45. The first kappa shape index (κ1) is 18.4. The van der Waals surface area contributed by atoms with Gasteiger partial charge in [0.1, 0.15) is 12.1 Å². The van der Waals surface area contributed by atoms with Gasteiger partial charge in [0.05, 0.1) is 12.2 Å². The van der Waals surface area contributed by atoms with Gasteiger partial charge in [-0.3, -0.25) is 9.69 Å². The molecule has 1 fully saturated rings. The Hall–Kier alpha value is -3.00. The molecule has 4 rings (SSSR count). The predicted octanol–water partition coefficient (Wildman–Crippen LogP) is 1.76. The molecule has 8 nitrogen and oxygen atoms in total. The van der Waals surface area contributed by atoms with Crippen molar-refractivity contribution in [2.75, 3.05) is 39.0 Å². The number of fused-ring (bicyclic) bond motifs is 1. The Balaban J connectivity index is 1.48. The van der Waals surface area contributed by atoms with Crippen molar-refractivity contribution >= 4 is 17.5 Å². The summed E-state index contributed by atoms with van der Waals surface area (Å²) < 4.78 is 1.74. The Labute approximate surface area is 164 Å². The first-order chi connectivity index (χ1) is 13.6. The molecule has 8 heteroatoms. The van der Waals surface area contributed by atoms with E-state index < -0.39 is 0 Å². The van der Waals surface area contributed by atoms with E-state index in [2.05, 4.69) is 25.3 Å². The van der Waals surface area contributed by atoms with Crippen molar-refractivity contribution in [3.63, 3.8) is 0 Å². The monoisotopic (exact) mass is 379 g/mol. The van der Waals surface area contributed by atoms with Crippen LogP contribution in [0.2, 0.25) is 0 Å². The van der Waals surface area contributed by atoms with Gasteiger partial charge >= 0.3 is 0 Å². The number of carbonyl (C=O) groups is 1. The van der Waals surface area contributed by atoms with E-state index in [-0.39, 0.29) is 5.91 Å². The largest absolute Gasteiger partial charge is 0.367 e. The third kappa shape index (κ3) is 3.96. The van der Waals surface area contributed by atoms with Crippen LogP contribution in [0.5, 0.6) is 0 Å². The average molecular weight is 379 g/mol. The van der Waals surface area contributed by atoms with Gasteiger partial charge in [0.2, 0.25) is 5.91 Å². The van der Waals surface area contributed by atoms with Crippen molar-refractivity contribution in [2.45, 2.75) is 18.9 Å². The summed E-state index contributed by atoms with van der Waals surface area (Å²) in [5.41, 5.74) is 1.92. The second kappa shape index (κ2) is 7.93. The molecule has 1 aliphatic heterocycles. The van der Waals surface area contributed by atoms with Crippen LogP contribution in [-0.2, 0) is 4.79 Å². The third-order valence-electron chi connectivity index (χ3n) is 5.12. The first-order valence-electron chi connectivity index (χ1n) is 9.55. The van der Waals surface area contributed by atoms with Crippen LogP contribution >= 0.6 is 0 Å². The number of rotatable bonds is 5. The summed E-state index contributed by atoms with van der Waals surface area (Å²) in [7, 11) is 3.60. The number of likely N-dealkylation sites (tertiary alicyclic amines) is 1. The Bertz CT molecular complexity index is 946. The number of likely N-dealkylation sites (N-methyl/N-ethyl adjacent to an activating group) is 1. The van der Waals surface area contributed by atoms with Crippen LogP contribution in [-0.4, -0.2) is 75.1 Å². The zero-order valence-corrected chi connectivity index (χ0v) is 16.2. The minimum atomic E-state index is 0.150. The Morgan fingerprint density at radius 1 is 1.21 bits per heavy atom. The molecular weight excluding hydrogens is 354 g/mol. The number of benzene rings is 1. The SMILES string of the molecule is CN(C)C(=O)CN1CCC(Nc2cc(-c3ccccc3)nc3ncnn23)CC1. The van der Waals surface area contributed by atoms with Gasteiger partial charge < -0.3 is 10.2 Å². The van der Waals surface area contributed by atoms with Crippen molar-refractivity contribution in [1.82, 2.24) is 29.4 Å². The Kier molecular flexibility index (Phi) is 5.21. The molecule has 0 spiro atoms. The molecule has 0 atom stereocenters. The maximum atomic E-state index is 11.9. The van der Waals surface area contributed by atoms with Crippen LogP contribution in [0, 0.1) is 0 Å². The number of amides is 1. The van der Waals surface area contributed by atoms with E-state index in [0.29, 0.717) is 18.4 Å². The molecule has 1 N–H and O–H groups in total. The maximum Gasteiger partial charge on any atom is 0.254 e. The highest BCUT2D eigenvalue weighted by Crippen LogP contribution is 2.23. The van der Waals surface area contributed by atoms with E-state index in [4.69, 9.17) is 0 Å². The molecule has 0 saturated carbocycles. The Morgan fingerprint density at radius 3 is 2.68 bits per heavy atom. The molecule has 3 aromatic rings. The molecule has 0 unspecified atom stereocenters. The number of nitrogens with one attached hydrogen (secondary N) is 1. The van der Waals surface area contributed by atoms with Crippen LogP contribution in [0.25, 0.3) is 17.0 Å². The van der Waals surface area contributed by atoms with E-state index in [1.54, 1.807) is 23.5 Å². The highest BCUT2D eigenvalue weighted by Gasteiger charge is 2.22. The van der Waals surface area contributed by atoms with Gasteiger partial charge in [-0.2, -0.15) is 14.6 Å². The lowest BCUT2D eigenvalue weighted by molar-refractivity contribution is -0.130. The zero-order valence-electron chi connectivity index (χ0n) is 16.2. The molecule has 28 heavy (non-hydrogen) atoms. The number of hydrogen-bond donors (Lipinski definition) is 1. The summed E-state index contributed by atoms with van der Waals surface area (Å²) in [6.07, 6.45) is 3.47. The number of carbonyl (C=O) groups excluding carboxylic acids is 1. The highest BCUT2D eigenvalue weighted by molar-refractivity contribution is 5.77. The smallest absolute Gasteiger partial charge is 0.254 e. The van der Waals surface area contributed by atoms with E-state index >= 15 is 0 Å². The van der Waals surface area contributed by atoms with Gasteiger partial charge in [0.15, 0.2) is 0 Å². The number of hydrogen-bond acceptors (Lipinski definition) is 6. The number of anilines is 1. The molecule has 0 bridgehead atoms. The van der Waals surface area contributed by atoms with Gasteiger partial charge in [0, 0.05) is 44.9 Å². The summed E-state index contributed by atoms with van der Waals surface area (Å²) in [6, 6.07) is 12.4. The molecule has 1 aliphatic rings. The minimum Gasteiger partial charge on any atom is -0.367 e. The fourth-order valence-electron chi connectivity index (χ4n) is 3.45.